The second kappa shape index (κ2) is 7.56. The van der Waals surface area contributed by atoms with Crippen molar-refractivity contribution in [2.45, 2.75) is 49.2 Å². The van der Waals surface area contributed by atoms with Crippen molar-refractivity contribution in [3.63, 3.8) is 0 Å². The number of rotatable bonds is 4. The Morgan fingerprint density at radius 3 is 2.68 bits per heavy atom. The number of benzene rings is 2. The number of anilines is 1. The Labute approximate surface area is 180 Å². The number of amidine groups is 1. The summed E-state index contributed by atoms with van der Waals surface area (Å²) in [6.07, 6.45) is 5.23. The van der Waals surface area contributed by atoms with Crippen molar-refractivity contribution in [1.29, 1.82) is 0 Å². The lowest BCUT2D eigenvalue weighted by atomic mass is 9.94. The number of aliphatic imine (C=N–C) groups is 1. The van der Waals surface area contributed by atoms with Gasteiger partial charge in [0.25, 0.3) is 15.8 Å². The van der Waals surface area contributed by atoms with Crippen molar-refractivity contribution in [2.24, 2.45) is 4.99 Å². The first-order valence-electron chi connectivity index (χ1n) is 10.4. The number of hydrogen-bond donors (Lipinski definition) is 2. The fourth-order valence-corrected chi connectivity index (χ4v) is 5.46. The van der Waals surface area contributed by atoms with Crippen LogP contribution in [0.15, 0.2) is 52.4 Å². The lowest BCUT2D eigenvalue weighted by Gasteiger charge is -2.31. The number of ether oxygens (including phenoxy) is 2. The summed E-state index contributed by atoms with van der Waals surface area (Å²) < 4.78 is 38.8. The lowest BCUT2D eigenvalue weighted by molar-refractivity contribution is -0.116. The topological polar surface area (TPSA) is 106 Å². The van der Waals surface area contributed by atoms with Gasteiger partial charge < -0.3 is 14.8 Å². The molecule has 162 valence electrons. The molecule has 0 radical (unpaired) electrons. The van der Waals surface area contributed by atoms with Gasteiger partial charge in [-0.1, -0.05) is 18.6 Å². The highest BCUT2D eigenvalue weighted by Gasteiger charge is 2.42. The highest BCUT2D eigenvalue weighted by atomic mass is 32.2. The highest BCUT2D eigenvalue weighted by Crippen LogP contribution is 2.46. The summed E-state index contributed by atoms with van der Waals surface area (Å²) in [6.45, 7) is 0.158. The number of sulfonamides is 1. The molecule has 0 unspecified atom stereocenters. The van der Waals surface area contributed by atoms with Crippen LogP contribution in [-0.4, -0.2) is 32.5 Å². The predicted molar refractivity (Wildman–Crippen MR) is 115 cm³/mol. The Morgan fingerprint density at radius 1 is 1.06 bits per heavy atom. The first-order valence-corrected chi connectivity index (χ1v) is 11.9. The highest BCUT2D eigenvalue weighted by molar-refractivity contribution is 7.90. The maximum absolute atomic E-state index is 12.4. The molecule has 3 aliphatic rings. The summed E-state index contributed by atoms with van der Waals surface area (Å²) in [7, 11) is -3.58. The van der Waals surface area contributed by atoms with Crippen molar-refractivity contribution >= 4 is 27.5 Å². The molecule has 1 spiro atoms. The first kappa shape index (κ1) is 19.9. The molecule has 31 heavy (non-hydrogen) atoms. The number of nitrogens with one attached hydrogen (secondary N) is 2. The minimum Gasteiger partial charge on any atom is -0.448 e. The lowest BCUT2D eigenvalue weighted by Crippen LogP contribution is -2.40. The zero-order valence-electron chi connectivity index (χ0n) is 16.9. The van der Waals surface area contributed by atoms with Gasteiger partial charge in [-0.05, 0) is 37.1 Å². The van der Waals surface area contributed by atoms with E-state index < -0.39 is 15.8 Å². The number of amides is 1. The average Bonchev–Trinajstić information content (AvgIpc) is 3.22. The molecule has 0 atom stereocenters. The number of carbonyl (C=O) groups excluding carboxylic acids is 1. The third-order valence-corrected chi connectivity index (χ3v) is 7.10. The van der Waals surface area contributed by atoms with E-state index in [1.165, 1.54) is 12.5 Å². The van der Waals surface area contributed by atoms with E-state index in [-0.39, 0.29) is 29.6 Å². The summed E-state index contributed by atoms with van der Waals surface area (Å²) in [4.78, 5) is 16.8. The van der Waals surface area contributed by atoms with Gasteiger partial charge in [-0.15, -0.1) is 0 Å². The van der Waals surface area contributed by atoms with Crippen LogP contribution >= 0.6 is 0 Å². The van der Waals surface area contributed by atoms with Crippen LogP contribution in [-0.2, 0) is 14.8 Å². The zero-order chi connectivity index (χ0) is 21.5. The first-order chi connectivity index (χ1) is 14.9. The molecule has 5 rings (SSSR count). The molecule has 0 saturated heterocycles. The number of carbonyl (C=O) groups is 1. The molecule has 0 aromatic heterocycles. The number of nitrogens with zero attached hydrogens (tertiary/aromatic N) is 1. The van der Waals surface area contributed by atoms with E-state index in [1.54, 1.807) is 30.3 Å². The molecule has 8 nitrogen and oxygen atoms in total. The van der Waals surface area contributed by atoms with Crippen LogP contribution in [0.4, 0.5) is 5.69 Å². The van der Waals surface area contributed by atoms with Crippen molar-refractivity contribution < 1.29 is 22.7 Å². The molecule has 2 aromatic rings. The summed E-state index contributed by atoms with van der Waals surface area (Å²) in [6, 6.07) is 12.0. The molecule has 2 heterocycles. The van der Waals surface area contributed by atoms with E-state index in [4.69, 9.17) is 9.47 Å². The van der Waals surface area contributed by atoms with E-state index in [0.717, 1.165) is 25.7 Å². The summed E-state index contributed by atoms with van der Waals surface area (Å²) in [5.74, 6) is 0.855. The molecule has 1 amide bonds. The van der Waals surface area contributed by atoms with Crippen LogP contribution in [0.25, 0.3) is 0 Å². The summed E-state index contributed by atoms with van der Waals surface area (Å²) in [5, 5.41) is 2.84. The molecule has 1 fully saturated rings. The second-order valence-electron chi connectivity index (χ2n) is 7.97. The average molecular weight is 442 g/mol. The van der Waals surface area contributed by atoms with Crippen LogP contribution in [0, 0.1) is 0 Å². The Balaban J connectivity index is 1.20. The van der Waals surface area contributed by atoms with Crippen molar-refractivity contribution in [2.75, 3.05) is 11.9 Å². The Hall–Kier alpha value is -3.07. The van der Waals surface area contributed by atoms with E-state index in [1.807, 2.05) is 6.07 Å². The maximum Gasteiger partial charge on any atom is 0.263 e. The van der Waals surface area contributed by atoms with E-state index >= 15 is 0 Å². The van der Waals surface area contributed by atoms with E-state index in [0.29, 0.717) is 22.7 Å². The van der Waals surface area contributed by atoms with Crippen LogP contribution in [0.1, 0.15) is 44.1 Å². The van der Waals surface area contributed by atoms with Crippen LogP contribution in [0.3, 0.4) is 0 Å². The largest absolute Gasteiger partial charge is 0.448 e. The molecule has 1 saturated carbocycles. The fourth-order valence-electron chi connectivity index (χ4n) is 4.21. The third-order valence-electron chi connectivity index (χ3n) is 5.71. The molecular weight excluding hydrogens is 418 g/mol. The second-order valence-corrected chi connectivity index (χ2v) is 9.62. The van der Waals surface area contributed by atoms with Crippen LogP contribution in [0.5, 0.6) is 11.5 Å². The quantitative estimate of drug-likeness (QED) is 0.758. The van der Waals surface area contributed by atoms with Gasteiger partial charge >= 0.3 is 0 Å². The molecule has 1 aliphatic carbocycles. The van der Waals surface area contributed by atoms with Crippen LogP contribution in [0.2, 0.25) is 0 Å². The Kier molecular flexibility index (Phi) is 4.85. The number of hydrogen-bond acceptors (Lipinski definition) is 6. The SMILES string of the molecule is O=C(CCN=C1NS(=O)(=O)c2ccccc21)Nc1ccc2c(c1)OC1(CCCCC1)O2. The van der Waals surface area contributed by atoms with Gasteiger partial charge in [0.1, 0.15) is 5.84 Å². The normalized spacial score (nSPS) is 21.0. The van der Waals surface area contributed by atoms with Crippen molar-refractivity contribution in [3.05, 3.63) is 48.0 Å². The van der Waals surface area contributed by atoms with Gasteiger partial charge in [-0.2, -0.15) is 0 Å². The molecule has 2 aliphatic heterocycles. The summed E-state index contributed by atoms with van der Waals surface area (Å²) in [5.41, 5.74) is 1.15. The van der Waals surface area contributed by atoms with E-state index in [2.05, 4.69) is 15.0 Å². The van der Waals surface area contributed by atoms with Crippen LogP contribution < -0.4 is 19.5 Å². The minimum absolute atomic E-state index is 0.117. The third kappa shape index (κ3) is 3.85. The van der Waals surface area contributed by atoms with Crippen molar-refractivity contribution in [3.8, 4) is 11.5 Å². The van der Waals surface area contributed by atoms with Gasteiger partial charge in [-0.25, -0.2) is 8.42 Å². The molecule has 9 heteroatoms. The van der Waals surface area contributed by atoms with Gasteiger partial charge in [-0.3, -0.25) is 14.5 Å². The molecule has 0 bridgehead atoms. The monoisotopic (exact) mass is 441 g/mol. The Bertz CT molecular complexity index is 1170. The minimum atomic E-state index is -3.58. The number of fused-ring (bicyclic) bond motifs is 2. The molecular formula is C22H23N3O5S. The van der Waals surface area contributed by atoms with Gasteiger partial charge in [0.05, 0.1) is 11.4 Å². The van der Waals surface area contributed by atoms with Crippen molar-refractivity contribution in [1.82, 2.24) is 4.72 Å². The predicted octanol–water partition coefficient (Wildman–Crippen LogP) is 3.19. The maximum atomic E-state index is 12.4. The molecule has 2 N–H and O–H groups in total. The van der Waals surface area contributed by atoms with Gasteiger partial charge in [0, 0.05) is 36.6 Å². The smallest absolute Gasteiger partial charge is 0.263 e. The van der Waals surface area contributed by atoms with Gasteiger partial charge in [0.2, 0.25) is 5.91 Å². The zero-order valence-corrected chi connectivity index (χ0v) is 17.7. The fraction of sp³-hybridized carbons (Fsp3) is 0.364. The Morgan fingerprint density at radius 2 is 1.84 bits per heavy atom. The molecule has 2 aromatic carbocycles. The van der Waals surface area contributed by atoms with E-state index in [9.17, 15) is 13.2 Å². The summed E-state index contributed by atoms with van der Waals surface area (Å²) >= 11 is 0. The standard InChI is InChI=1S/C22H23N3O5S/c26-20(10-13-23-21-16-6-2-3-7-19(16)31(27,28)25-21)24-15-8-9-17-18(14-15)30-22(29-17)11-4-1-5-12-22/h2-3,6-9,14H,1,4-5,10-13H2,(H,23,25)(H,24,26). The van der Waals surface area contributed by atoms with Gasteiger partial charge in [0.15, 0.2) is 11.5 Å².